The van der Waals surface area contributed by atoms with Gasteiger partial charge in [-0.2, -0.15) is 0 Å². The molecular weight excluding hydrogens is 488 g/mol. The number of para-hydroxylation sites is 3. The molecule has 0 aliphatic carbocycles. The molecule has 0 aliphatic heterocycles. The fraction of sp³-hybridized carbons (Fsp3) is 0. The molecule has 0 fully saturated rings. The summed E-state index contributed by atoms with van der Waals surface area (Å²) in [5, 5.41) is 8.35. The molecule has 0 spiro atoms. The van der Waals surface area contributed by atoms with Crippen LogP contribution in [0.2, 0.25) is 0 Å². The molecule has 3 heterocycles. The summed E-state index contributed by atoms with van der Waals surface area (Å²) in [6.07, 6.45) is 1.92. The van der Waals surface area contributed by atoms with Crippen molar-refractivity contribution in [3.8, 4) is 11.6 Å². The fourth-order valence-electron chi connectivity index (χ4n) is 6.45. The smallest absolute Gasteiger partial charge is 0.235 e. The van der Waals surface area contributed by atoms with Crippen LogP contribution in [0.1, 0.15) is 0 Å². The Hall–Kier alpha value is -5.48. The van der Waals surface area contributed by atoms with E-state index in [0.717, 1.165) is 21.9 Å². The summed E-state index contributed by atoms with van der Waals surface area (Å²) < 4.78 is 4.66. The fourth-order valence-corrected chi connectivity index (χ4v) is 6.45. The molecule has 4 heteroatoms. The van der Waals surface area contributed by atoms with E-state index in [1.807, 2.05) is 24.4 Å². The number of rotatable bonds is 2. The predicted octanol–water partition coefficient (Wildman–Crippen LogP) is 8.98. The molecule has 9 aromatic rings. The van der Waals surface area contributed by atoms with E-state index < -0.39 is 0 Å². The Morgan fingerprint density at radius 1 is 0.450 bits per heavy atom. The summed E-state index contributed by atoms with van der Waals surface area (Å²) in [7, 11) is 0. The van der Waals surface area contributed by atoms with Crippen molar-refractivity contribution in [2.24, 2.45) is 0 Å². The number of fused-ring (bicyclic) bond motifs is 9. The topological polar surface area (TPSA) is 35.6 Å². The predicted molar refractivity (Wildman–Crippen MR) is 166 cm³/mol. The summed E-state index contributed by atoms with van der Waals surface area (Å²) in [5.74, 6) is 0.678. The van der Waals surface area contributed by atoms with Gasteiger partial charge in [0.1, 0.15) is 0 Å². The van der Waals surface area contributed by atoms with E-state index >= 15 is 0 Å². The maximum Gasteiger partial charge on any atom is 0.235 e. The van der Waals surface area contributed by atoms with Gasteiger partial charge in [0, 0.05) is 38.5 Å². The molecule has 0 aliphatic rings. The van der Waals surface area contributed by atoms with Crippen LogP contribution >= 0.6 is 0 Å². The monoisotopic (exact) mass is 510 g/mol. The van der Waals surface area contributed by atoms with Crippen LogP contribution in [-0.4, -0.2) is 19.1 Å². The lowest BCUT2D eigenvalue weighted by molar-refractivity contribution is 1.01. The third-order valence-electron chi connectivity index (χ3n) is 8.15. The molecule has 4 nitrogen and oxygen atoms in total. The molecule has 0 N–H and O–H groups in total. The summed E-state index contributed by atoms with van der Waals surface area (Å²) in [6, 6.07) is 45.2. The second kappa shape index (κ2) is 8.01. The number of hydrogen-bond acceptors (Lipinski definition) is 2. The van der Waals surface area contributed by atoms with Crippen LogP contribution < -0.4 is 0 Å². The quantitative estimate of drug-likeness (QED) is 0.233. The SMILES string of the molecule is c1ccc2nc(-n3c4ccccc4c4c3ccc3c5ccccc5n(-c5cccc6ccccc56)c34)ncc2c1. The summed E-state index contributed by atoms with van der Waals surface area (Å²) >= 11 is 0. The number of nitrogens with zero attached hydrogens (tertiary/aromatic N) is 4. The summed E-state index contributed by atoms with van der Waals surface area (Å²) in [6.45, 7) is 0. The van der Waals surface area contributed by atoms with Crippen molar-refractivity contribution < 1.29 is 0 Å². The highest BCUT2D eigenvalue weighted by molar-refractivity contribution is 6.26. The van der Waals surface area contributed by atoms with Gasteiger partial charge in [0.2, 0.25) is 5.95 Å². The van der Waals surface area contributed by atoms with E-state index in [1.165, 1.54) is 49.0 Å². The van der Waals surface area contributed by atoms with Gasteiger partial charge in [0.05, 0.1) is 33.3 Å². The molecular formula is C36H22N4. The van der Waals surface area contributed by atoms with Gasteiger partial charge in [-0.1, -0.05) is 97.1 Å². The Kier molecular flexibility index (Phi) is 4.30. The number of aromatic nitrogens is 4. The first-order valence-electron chi connectivity index (χ1n) is 13.5. The molecule has 0 bridgehead atoms. The average Bonchev–Trinajstić information content (AvgIpc) is 3.53. The Labute approximate surface area is 229 Å². The Bertz CT molecular complexity index is 2440. The van der Waals surface area contributed by atoms with Crippen LogP contribution in [0.3, 0.4) is 0 Å². The van der Waals surface area contributed by atoms with E-state index in [4.69, 9.17) is 9.97 Å². The highest BCUT2D eigenvalue weighted by atomic mass is 15.2. The van der Waals surface area contributed by atoms with Gasteiger partial charge in [-0.3, -0.25) is 4.57 Å². The van der Waals surface area contributed by atoms with Crippen LogP contribution in [0.4, 0.5) is 0 Å². The zero-order chi connectivity index (χ0) is 26.2. The van der Waals surface area contributed by atoms with Gasteiger partial charge in [0.15, 0.2) is 0 Å². The standard InChI is InChI=1S/C36H22N4/c1-3-13-25-23(10-1)12-9-19-30(25)39-31-17-7-4-14-26(31)27-20-21-33-34(35(27)39)28-15-5-8-18-32(28)40(33)36-37-22-24-11-2-6-16-29(24)38-36/h1-22H. The molecule has 40 heavy (non-hydrogen) atoms. The largest absolute Gasteiger partial charge is 0.308 e. The highest BCUT2D eigenvalue weighted by Gasteiger charge is 2.22. The van der Waals surface area contributed by atoms with Crippen molar-refractivity contribution >= 4 is 65.3 Å². The maximum absolute atomic E-state index is 5.01. The minimum Gasteiger partial charge on any atom is -0.308 e. The van der Waals surface area contributed by atoms with Crippen LogP contribution in [0, 0.1) is 0 Å². The van der Waals surface area contributed by atoms with Crippen molar-refractivity contribution in [2.75, 3.05) is 0 Å². The zero-order valence-electron chi connectivity index (χ0n) is 21.5. The highest BCUT2D eigenvalue weighted by Crippen LogP contribution is 2.42. The summed E-state index contributed by atoms with van der Waals surface area (Å²) in [5.41, 5.74) is 6.69. The molecule has 0 unspecified atom stereocenters. The second-order valence-electron chi connectivity index (χ2n) is 10.3. The molecule has 9 rings (SSSR count). The molecule has 0 saturated carbocycles. The lowest BCUT2D eigenvalue weighted by atomic mass is 10.1. The van der Waals surface area contributed by atoms with Gasteiger partial charge in [0.25, 0.3) is 0 Å². The van der Waals surface area contributed by atoms with E-state index in [9.17, 15) is 0 Å². The average molecular weight is 511 g/mol. The normalized spacial score (nSPS) is 12.0. The van der Waals surface area contributed by atoms with Crippen molar-refractivity contribution in [3.63, 3.8) is 0 Å². The van der Waals surface area contributed by atoms with Gasteiger partial charge < -0.3 is 4.57 Å². The molecule has 0 atom stereocenters. The molecule has 0 saturated heterocycles. The first kappa shape index (κ1) is 21.5. The van der Waals surface area contributed by atoms with E-state index in [0.29, 0.717) is 5.95 Å². The van der Waals surface area contributed by atoms with Crippen LogP contribution in [0.5, 0.6) is 0 Å². The lowest BCUT2D eigenvalue weighted by Gasteiger charge is -2.12. The van der Waals surface area contributed by atoms with Crippen LogP contribution in [0.15, 0.2) is 134 Å². The molecule has 0 radical (unpaired) electrons. The Morgan fingerprint density at radius 2 is 1.12 bits per heavy atom. The van der Waals surface area contributed by atoms with Crippen molar-refractivity contribution in [3.05, 3.63) is 134 Å². The minimum atomic E-state index is 0.678. The van der Waals surface area contributed by atoms with Crippen molar-refractivity contribution in [1.29, 1.82) is 0 Å². The zero-order valence-corrected chi connectivity index (χ0v) is 21.5. The number of hydrogen-bond donors (Lipinski definition) is 0. The van der Waals surface area contributed by atoms with Crippen molar-refractivity contribution in [1.82, 2.24) is 19.1 Å². The third-order valence-corrected chi connectivity index (χ3v) is 8.15. The van der Waals surface area contributed by atoms with E-state index in [2.05, 4.69) is 118 Å². The van der Waals surface area contributed by atoms with E-state index in [-0.39, 0.29) is 0 Å². The molecule has 0 amide bonds. The van der Waals surface area contributed by atoms with Gasteiger partial charge >= 0.3 is 0 Å². The first-order chi connectivity index (χ1) is 19.9. The Balaban J connectivity index is 1.50. The van der Waals surface area contributed by atoms with Gasteiger partial charge in [-0.15, -0.1) is 0 Å². The first-order valence-corrected chi connectivity index (χ1v) is 13.5. The maximum atomic E-state index is 5.01. The molecule has 6 aromatic carbocycles. The molecule has 186 valence electrons. The van der Waals surface area contributed by atoms with Gasteiger partial charge in [-0.25, -0.2) is 9.97 Å². The van der Waals surface area contributed by atoms with E-state index in [1.54, 1.807) is 0 Å². The lowest BCUT2D eigenvalue weighted by Crippen LogP contribution is -2.01. The van der Waals surface area contributed by atoms with Crippen molar-refractivity contribution in [2.45, 2.75) is 0 Å². The summed E-state index contributed by atoms with van der Waals surface area (Å²) in [4.78, 5) is 9.85. The minimum absolute atomic E-state index is 0.678. The third kappa shape index (κ3) is 2.85. The van der Waals surface area contributed by atoms with Crippen LogP contribution in [-0.2, 0) is 0 Å². The van der Waals surface area contributed by atoms with Crippen LogP contribution in [0.25, 0.3) is 76.9 Å². The Morgan fingerprint density at radius 3 is 2.00 bits per heavy atom. The van der Waals surface area contributed by atoms with Gasteiger partial charge in [-0.05, 0) is 35.7 Å². The second-order valence-corrected chi connectivity index (χ2v) is 10.3. The molecule has 3 aromatic heterocycles. The number of benzene rings is 6.